The largest absolute Gasteiger partial charge is 0.459 e. The molecule has 3 heterocycles. The molecule has 7 nitrogen and oxygen atoms in total. The van der Waals surface area contributed by atoms with E-state index in [1.165, 1.54) is 18.9 Å². The Morgan fingerprint density at radius 1 is 1.10 bits per heavy atom. The number of furan rings is 1. The Kier molecular flexibility index (Phi) is 5.15. The Morgan fingerprint density at radius 3 is 2.61 bits per heavy atom. The molecule has 0 bridgehead atoms. The van der Waals surface area contributed by atoms with E-state index in [9.17, 15) is 10.1 Å². The van der Waals surface area contributed by atoms with Crippen molar-refractivity contribution in [3.63, 3.8) is 0 Å². The van der Waals surface area contributed by atoms with Gasteiger partial charge in [0.25, 0.3) is 5.69 Å². The molecule has 0 amide bonds. The molecular weight excluding hydrogens is 412 g/mol. The number of rotatable bonds is 5. The topological polar surface area (TPSA) is 84.4 Å². The number of hydrogen-bond acceptors (Lipinski definition) is 5. The second-order valence-corrected chi connectivity index (χ2v) is 8.34. The quantitative estimate of drug-likeness (QED) is 0.337. The molecule has 2 fully saturated rings. The number of nitro benzene ring substituents is 1. The third kappa shape index (κ3) is 3.57. The van der Waals surface area contributed by atoms with E-state index in [4.69, 9.17) is 16.6 Å². The predicted octanol–water partition coefficient (Wildman–Crippen LogP) is 5.16. The number of para-hydroxylation sites is 1. The first-order valence-electron chi connectivity index (χ1n) is 10.5. The molecule has 31 heavy (non-hydrogen) atoms. The van der Waals surface area contributed by atoms with Crippen LogP contribution in [0.5, 0.6) is 0 Å². The summed E-state index contributed by atoms with van der Waals surface area (Å²) in [5.41, 5.74) is 1.38. The van der Waals surface area contributed by atoms with Crippen LogP contribution in [0.3, 0.4) is 0 Å². The van der Waals surface area contributed by atoms with Crippen molar-refractivity contribution < 1.29 is 9.34 Å². The van der Waals surface area contributed by atoms with Gasteiger partial charge in [-0.3, -0.25) is 15.1 Å². The maximum atomic E-state index is 11.5. The van der Waals surface area contributed by atoms with E-state index < -0.39 is 0 Å². The Labute approximate surface area is 185 Å². The molecule has 1 N–H and O–H groups in total. The van der Waals surface area contributed by atoms with Gasteiger partial charge in [0.15, 0.2) is 5.11 Å². The molecule has 8 heteroatoms. The zero-order chi connectivity index (χ0) is 21.4. The van der Waals surface area contributed by atoms with Crippen LogP contribution in [0.15, 0.2) is 65.2 Å². The van der Waals surface area contributed by atoms with Gasteiger partial charge < -0.3 is 14.6 Å². The third-order valence-electron chi connectivity index (χ3n) is 6.14. The van der Waals surface area contributed by atoms with E-state index in [0.29, 0.717) is 22.5 Å². The molecule has 3 aromatic rings. The van der Waals surface area contributed by atoms with Crippen molar-refractivity contribution >= 4 is 23.0 Å². The number of nitrogens with one attached hydrogen (secondary N) is 1. The summed E-state index contributed by atoms with van der Waals surface area (Å²) < 4.78 is 6.26. The molecule has 1 aromatic carbocycles. The van der Waals surface area contributed by atoms with Gasteiger partial charge in [0, 0.05) is 18.3 Å². The molecule has 2 atom stereocenters. The van der Waals surface area contributed by atoms with Gasteiger partial charge in [-0.1, -0.05) is 31.0 Å². The molecule has 0 radical (unpaired) electrons. The van der Waals surface area contributed by atoms with Gasteiger partial charge in [0.2, 0.25) is 0 Å². The lowest BCUT2D eigenvalue weighted by Crippen LogP contribution is -2.37. The first-order chi connectivity index (χ1) is 15.1. The van der Waals surface area contributed by atoms with Gasteiger partial charge in [0.1, 0.15) is 17.6 Å². The summed E-state index contributed by atoms with van der Waals surface area (Å²) in [7, 11) is 0. The van der Waals surface area contributed by atoms with Crippen molar-refractivity contribution in [1.29, 1.82) is 0 Å². The molecule has 1 aliphatic heterocycles. The highest BCUT2D eigenvalue weighted by Gasteiger charge is 2.45. The summed E-state index contributed by atoms with van der Waals surface area (Å²) in [6.07, 6.45) is 6.32. The molecule has 1 saturated heterocycles. The van der Waals surface area contributed by atoms with E-state index in [1.54, 1.807) is 30.5 Å². The maximum absolute atomic E-state index is 11.5. The van der Waals surface area contributed by atoms with Crippen molar-refractivity contribution in [2.45, 2.75) is 43.8 Å². The summed E-state index contributed by atoms with van der Waals surface area (Å²) in [4.78, 5) is 17.9. The van der Waals surface area contributed by atoms with Crippen LogP contribution in [0.2, 0.25) is 0 Å². The molecule has 158 valence electrons. The Morgan fingerprint density at radius 2 is 1.87 bits per heavy atom. The summed E-state index contributed by atoms with van der Waals surface area (Å²) in [6, 6.07) is 16.2. The Balaban J connectivity index is 1.57. The first-order valence-corrected chi connectivity index (χ1v) is 10.9. The summed E-state index contributed by atoms with van der Waals surface area (Å²) in [6.45, 7) is 0. The van der Waals surface area contributed by atoms with Gasteiger partial charge in [-0.15, -0.1) is 0 Å². The van der Waals surface area contributed by atoms with Crippen molar-refractivity contribution in [3.8, 4) is 11.3 Å². The number of hydrogen-bond donors (Lipinski definition) is 1. The lowest BCUT2D eigenvalue weighted by Gasteiger charge is -2.31. The van der Waals surface area contributed by atoms with Gasteiger partial charge in [0.05, 0.1) is 22.2 Å². The van der Waals surface area contributed by atoms with Gasteiger partial charge >= 0.3 is 0 Å². The highest BCUT2D eigenvalue weighted by atomic mass is 32.1. The Hall–Kier alpha value is -3.26. The number of benzene rings is 1. The molecule has 0 unspecified atom stereocenters. The summed E-state index contributed by atoms with van der Waals surface area (Å²) >= 11 is 5.74. The second kappa shape index (κ2) is 8.11. The molecule has 0 spiro atoms. The summed E-state index contributed by atoms with van der Waals surface area (Å²) in [5.74, 6) is 1.20. The summed E-state index contributed by atoms with van der Waals surface area (Å²) in [5, 5.41) is 15.6. The van der Waals surface area contributed by atoms with Crippen LogP contribution in [0.25, 0.3) is 11.3 Å². The minimum atomic E-state index is -0.384. The zero-order valence-corrected chi connectivity index (χ0v) is 17.6. The number of thiocarbonyl (C=S) groups is 1. The maximum Gasteiger partial charge on any atom is 0.280 e. The number of pyridine rings is 1. The van der Waals surface area contributed by atoms with E-state index in [2.05, 4.69) is 15.2 Å². The monoisotopic (exact) mass is 434 g/mol. The van der Waals surface area contributed by atoms with Crippen LogP contribution in [0, 0.1) is 10.1 Å². The van der Waals surface area contributed by atoms with Gasteiger partial charge in [-0.2, -0.15) is 0 Å². The number of nitro groups is 1. The van der Waals surface area contributed by atoms with E-state index in [1.807, 2.05) is 24.3 Å². The van der Waals surface area contributed by atoms with Crippen LogP contribution in [-0.4, -0.2) is 26.0 Å². The molecule has 5 rings (SSSR count). The smallest absolute Gasteiger partial charge is 0.280 e. The van der Waals surface area contributed by atoms with Crippen molar-refractivity contribution in [2.24, 2.45) is 0 Å². The molecule has 1 saturated carbocycles. The average Bonchev–Trinajstić information content (AvgIpc) is 3.54. The van der Waals surface area contributed by atoms with E-state index in [-0.39, 0.29) is 22.7 Å². The van der Waals surface area contributed by atoms with E-state index >= 15 is 0 Å². The SMILES string of the molecule is O=[N+]([O-])c1ccccc1-c1ccc([C@@H]2[C@H](c3ccccn3)NC(=S)N2C2CCCC2)o1. The highest BCUT2D eigenvalue weighted by molar-refractivity contribution is 7.80. The molecule has 2 aliphatic rings. The Bertz CT molecular complexity index is 1110. The second-order valence-electron chi connectivity index (χ2n) is 7.95. The number of nitrogens with zero attached hydrogens (tertiary/aromatic N) is 3. The minimum absolute atomic E-state index is 0.0254. The third-order valence-corrected chi connectivity index (χ3v) is 6.47. The van der Waals surface area contributed by atoms with E-state index in [0.717, 1.165) is 24.3 Å². The predicted molar refractivity (Wildman–Crippen MR) is 120 cm³/mol. The van der Waals surface area contributed by atoms with Crippen LogP contribution in [0.1, 0.15) is 49.2 Å². The fourth-order valence-electron chi connectivity index (χ4n) is 4.74. The molecular formula is C23H22N4O3S. The van der Waals surface area contributed by atoms with Crippen molar-refractivity contribution in [3.05, 3.63) is 82.4 Å². The molecule has 1 aliphatic carbocycles. The van der Waals surface area contributed by atoms with Crippen molar-refractivity contribution in [2.75, 3.05) is 0 Å². The van der Waals surface area contributed by atoms with Gasteiger partial charge in [-0.25, -0.2) is 0 Å². The highest BCUT2D eigenvalue weighted by Crippen LogP contribution is 2.44. The number of aromatic nitrogens is 1. The minimum Gasteiger partial charge on any atom is -0.459 e. The van der Waals surface area contributed by atoms with Crippen molar-refractivity contribution in [1.82, 2.24) is 15.2 Å². The molecule has 2 aromatic heterocycles. The van der Waals surface area contributed by atoms with Crippen LogP contribution >= 0.6 is 12.2 Å². The fraction of sp³-hybridized carbons (Fsp3) is 0.304. The lowest BCUT2D eigenvalue weighted by molar-refractivity contribution is -0.384. The first kappa shape index (κ1) is 19.7. The van der Waals surface area contributed by atoms with Crippen LogP contribution < -0.4 is 5.32 Å². The zero-order valence-electron chi connectivity index (χ0n) is 16.8. The van der Waals surface area contributed by atoms with Crippen LogP contribution in [-0.2, 0) is 0 Å². The average molecular weight is 435 g/mol. The fourth-order valence-corrected chi connectivity index (χ4v) is 5.13. The van der Waals surface area contributed by atoms with Gasteiger partial charge in [-0.05, 0) is 55.4 Å². The van der Waals surface area contributed by atoms with Crippen LogP contribution in [0.4, 0.5) is 5.69 Å². The standard InChI is InChI=1S/C23H22N4O3S/c28-27(29)18-11-4-3-9-16(18)19-12-13-20(30-19)22-21(17-10-5-6-14-24-17)25-23(31)26(22)15-7-1-2-8-15/h3-6,9-15,21-22H,1-2,7-8H2,(H,25,31)/t21-,22+/m0/s1. The normalized spacial score (nSPS) is 21.4. The lowest BCUT2D eigenvalue weighted by atomic mass is 10.0.